The summed E-state index contributed by atoms with van der Waals surface area (Å²) >= 11 is 9.23. The van der Waals surface area contributed by atoms with Gasteiger partial charge in [-0.25, -0.2) is 4.68 Å². The number of benzene rings is 2. The number of nitrogens with zero attached hydrogens (tertiary/aromatic N) is 2. The molecule has 0 aliphatic carbocycles. The number of hydrogen-bond donors (Lipinski definition) is 1. The average molecular weight is 435 g/mol. The molecule has 26 heavy (non-hydrogen) atoms. The fraction of sp³-hybridized carbons (Fsp3) is 0.158. The number of carbonyl (C=O) groups excluding carboxylic acids is 1. The Kier molecular flexibility index (Phi) is 6.30. The van der Waals surface area contributed by atoms with Crippen LogP contribution in [-0.4, -0.2) is 27.6 Å². The van der Waals surface area contributed by atoms with Crippen molar-refractivity contribution in [2.75, 3.05) is 17.3 Å². The molecule has 0 saturated carbocycles. The number of nitrogens with one attached hydrogen (secondary N) is 1. The Bertz CT molecular complexity index is 863. The third-order valence-corrected chi connectivity index (χ3v) is 4.36. The second kappa shape index (κ2) is 8.87. The van der Waals surface area contributed by atoms with Gasteiger partial charge in [-0.05, 0) is 55.0 Å². The summed E-state index contributed by atoms with van der Waals surface area (Å²) in [5.41, 5.74) is 2.13. The van der Waals surface area contributed by atoms with Crippen molar-refractivity contribution in [3.63, 3.8) is 0 Å². The van der Waals surface area contributed by atoms with Crippen LogP contribution in [0.15, 0.2) is 60.9 Å². The third-order valence-electron chi connectivity index (χ3n) is 3.60. The highest BCUT2D eigenvalue weighted by molar-refractivity contribution is 9.09. The van der Waals surface area contributed by atoms with Crippen LogP contribution in [0.25, 0.3) is 5.69 Å². The highest BCUT2D eigenvalue weighted by Crippen LogP contribution is 2.17. The summed E-state index contributed by atoms with van der Waals surface area (Å²) in [6.07, 6.45) is 4.23. The Morgan fingerprint density at radius 3 is 2.50 bits per heavy atom. The van der Waals surface area contributed by atoms with Gasteiger partial charge in [-0.1, -0.05) is 27.5 Å². The van der Waals surface area contributed by atoms with E-state index in [1.807, 2.05) is 24.3 Å². The lowest BCUT2D eigenvalue weighted by molar-refractivity contribution is 0.102. The molecule has 1 aromatic heterocycles. The Morgan fingerprint density at radius 1 is 1.15 bits per heavy atom. The van der Waals surface area contributed by atoms with E-state index in [0.717, 1.165) is 23.2 Å². The van der Waals surface area contributed by atoms with Gasteiger partial charge in [-0.2, -0.15) is 5.10 Å². The van der Waals surface area contributed by atoms with Crippen LogP contribution < -0.4 is 10.1 Å². The fourth-order valence-corrected chi connectivity index (χ4v) is 2.65. The Morgan fingerprint density at radius 2 is 1.88 bits per heavy atom. The number of ether oxygens (including phenoxy) is 1. The molecule has 0 bridgehead atoms. The largest absolute Gasteiger partial charge is 0.494 e. The maximum absolute atomic E-state index is 12.4. The van der Waals surface area contributed by atoms with Crippen molar-refractivity contribution in [2.24, 2.45) is 0 Å². The van der Waals surface area contributed by atoms with Crippen LogP contribution in [0.3, 0.4) is 0 Å². The Hall–Kier alpha value is -2.31. The normalized spacial score (nSPS) is 10.5. The highest BCUT2D eigenvalue weighted by atomic mass is 79.9. The van der Waals surface area contributed by atoms with E-state index in [1.54, 1.807) is 41.3 Å². The molecule has 7 heteroatoms. The molecule has 0 aliphatic heterocycles. The number of hydrogen-bond acceptors (Lipinski definition) is 3. The molecule has 0 spiro atoms. The number of amides is 1. The van der Waals surface area contributed by atoms with Crippen molar-refractivity contribution >= 4 is 39.1 Å². The van der Waals surface area contributed by atoms with E-state index in [-0.39, 0.29) is 5.91 Å². The van der Waals surface area contributed by atoms with Crippen LogP contribution in [0.5, 0.6) is 5.75 Å². The smallest absolute Gasteiger partial charge is 0.255 e. The van der Waals surface area contributed by atoms with Gasteiger partial charge in [0.25, 0.3) is 5.91 Å². The number of carbonyl (C=O) groups is 1. The number of anilines is 1. The molecule has 3 rings (SSSR count). The first-order valence-corrected chi connectivity index (χ1v) is 9.56. The predicted octanol–water partition coefficient (Wildman–Crippen LogP) is 4.94. The summed E-state index contributed by atoms with van der Waals surface area (Å²) in [4.78, 5) is 12.4. The molecule has 0 unspecified atom stereocenters. The van der Waals surface area contributed by atoms with Gasteiger partial charge in [0, 0.05) is 22.8 Å². The zero-order valence-electron chi connectivity index (χ0n) is 13.9. The van der Waals surface area contributed by atoms with Crippen LogP contribution in [0.2, 0.25) is 5.02 Å². The van der Waals surface area contributed by atoms with Crippen LogP contribution in [0.4, 0.5) is 5.69 Å². The number of aromatic nitrogens is 2. The summed E-state index contributed by atoms with van der Waals surface area (Å²) in [6.45, 7) is 0.643. The van der Waals surface area contributed by atoms with Gasteiger partial charge >= 0.3 is 0 Å². The molecule has 0 saturated heterocycles. The standard InChI is InChI=1S/C19H17BrClN3O2/c20-10-1-11-26-18-8-2-14(3-9-18)19(25)23-16-4-6-17(7-5-16)24-13-15(21)12-22-24/h2-9,12-13H,1,10-11H2,(H,23,25). The predicted molar refractivity (Wildman–Crippen MR) is 107 cm³/mol. The van der Waals surface area contributed by atoms with E-state index in [1.165, 1.54) is 0 Å². The maximum atomic E-state index is 12.4. The molecule has 3 aromatic rings. The van der Waals surface area contributed by atoms with E-state index in [9.17, 15) is 4.79 Å². The van der Waals surface area contributed by atoms with Crippen LogP contribution in [0.1, 0.15) is 16.8 Å². The molecule has 0 aliphatic rings. The number of halogens is 2. The molecule has 134 valence electrons. The highest BCUT2D eigenvalue weighted by Gasteiger charge is 2.07. The summed E-state index contributed by atoms with van der Waals surface area (Å²) in [5.74, 6) is 0.580. The minimum absolute atomic E-state index is 0.174. The molecule has 1 N–H and O–H groups in total. The van der Waals surface area contributed by atoms with Gasteiger partial charge < -0.3 is 10.1 Å². The van der Waals surface area contributed by atoms with Gasteiger partial charge in [0.15, 0.2) is 0 Å². The minimum Gasteiger partial charge on any atom is -0.494 e. The van der Waals surface area contributed by atoms with Gasteiger partial charge in [0.05, 0.1) is 23.5 Å². The van der Waals surface area contributed by atoms with E-state index in [2.05, 4.69) is 26.3 Å². The first kappa shape index (κ1) is 18.5. The summed E-state index contributed by atoms with van der Waals surface area (Å²) in [7, 11) is 0. The Balaban J connectivity index is 1.60. The van der Waals surface area contributed by atoms with Crippen molar-refractivity contribution in [2.45, 2.75) is 6.42 Å². The van der Waals surface area contributed by atoms with Crippen LogP contribution >= 0.6 is 27.5 Å². The molecule has 0 fully saturated rings. The lowest BCUT2D eigenvalue weighted by atomic mass is 10.2. The van der Waals surface area contributed by atoms with E-state index in [0.29, 0.717) is 22.9 Å². The zero-order chi connectivity index (χ0) is 18.4. The van der Waals surface area contributed by atoms with Crippen molar-refractivity contribution in [1.29, 1.82) is 0 Å². The molecule has 0 radical (unpaired) electrons. The van der Waals surface area contributed by atoms with Gasteiger partial charge in [-0.3, -0.25) is 4.79 Å². The summed E-state index contributed by atoms with van der Waals surface area (Å²) < 4.78 is 7.25. The quantitative estimate of drug-likeness (QED) is 0.423. The summed E-state index contributed by atoms with van der Waals surface area (Å²) in [5, 5.41) is 8.49. The molecule has 0 atom stereocenters. The zero-order valence-corrected chi connectivity index (χ0v) is 16.2. The van der Waals surface area contributed by atoms with Crippen LogP contribution in [-0.2, 0) is 0 Å². The monoisotopic (exact) mass is 433 g/mol. The topological polar surface area (TPSA) is 56.2 Å². The molecular formula is C19H17BrClN3O2. The van der Waals surface area contributed by atoms with Crippen molar-refractivity contribution in [1.82, 2.24) is 9.78 Å². The fourth-order valence-electron chi connectivity index (χ4n) is 2.29. The van der Waals surface area contributed by atoms with E-state index in [4.69, 9.17) is 16.3 Å². The molecule has 1 heterocycles. The van der Waals surface area contributed by atoms with E-state index < -0.39 is 0 Å². The lowest BCUT2D eigenvalue weighted by Crippen LogP contribution is -2.11. The van der Waals surface area contributed by atoms with Crippen molar-refractivity contribution < 1.29 is 9.53 Å². The first-order chi connectivity index (χ1) is 12.7. The number of rotatable bonds is 7. The van der Waals surface area contributed by atoms with Crippen molar-refractivity contribution in [3.8, 4) is 11.4 Å². The van der Waals surface area contributed by atoms with Crippen molar-refractivity contribution in [3.05, 3.63) is 71.5 Å². The third kappa shape index (κ3) is 4.86. The maximum Gasteiger partial charge on any atom is 0.255 e. The van der Waals surface area contributed by atoms with Gasteiger partial charge in [-0.15, -0.1) is 0 Å². The second-order valence-electron chi connectivity index (χ2n) is 5.52. The van der Waals surface area contributed by atoms with E-state index >= 15 is 0 Å². The number of alkyl halides is 1. The van der Waals surface area contributed by atoms with Gasteiger partial charge in [0.2, 0.25) is 0 Å². The van der Waals surface area contributed by atoms with Gasteiger partial charge in [0.1, 0.15) is 5.75 Å². The molecular weight excluding hydrogens is 418 g/mol. The minimum atomic E-state index is -0.174. The molecule has 5 nitrogen and oxygen atoms in total. The SMILES string of the molecule is O=C(Nc1ccc(-n2cc(Cl)cn2)cc1)c1ccc(OCCCBr)cc1. The summed E-state index contributed by atoms with van der Waals surface area (Å²) in [6, 6.07) is 14.5. The molecule has 2 aromatic carbocycles. The first-order valence-electron chi connectivity index (χ1n) is 8.06. The van der Waals surface area contributed by atoms with Crippen LogP contribution in [0, 0.1) is 0 Å². The second-order valence-corrected chi connectivity index (χ2v) is 6.75. The average Bonchev–Trinajstić information content (AvgIpc) is 3.09. The molecule has 1 amide bonds. The Labute approximate surface area is 165 Å². The lowest BCUT2D eigenvalue weighted by Gasteiger charge is -2.08.